The zero-order valence-electron chi connectivity index (χ0n) is 9.20. The summed E-state index contributed by atoms with van der Waals surface area (Å²) in [4.78, 5) is 0. The molecule has 15 heavy (non-hydrogen) atoms. The second kappa shape index (κ2) is 6.62. The molecule has 0 saturated carbocycles. The van der Waals surface area contributed by atoms with Gasteiger partial charge in [0.15, 0.2) is 0 Å². The smallest absolute Gasteiger partial charge is 0.138 e. The van der Waals surface area contributed by atoms with Crippen LogP contribution in [0.5, 0.6) is 5.75 Å². The van der Waals surface area contributed by atoms with Crippen LogP contribution in [0.15, 0.2) is 18.2 Å². The van der Waals surface area contributed by atoms with Crippen molar-refractivity contribution in [3.63, 3.8) is 0 Å². The summed E-state index contributed by atoms with van der Waals surface area (Å²) >= 11 is 1.91. The van der Waals surface area contributed by atoms with E-state index >= 15 is 0 Å². The summed E-state index contributed by atoms with van der Waals surface area (Å²) < 4.78 is 0. The fourth-order valence-corrected chi connectivity index (χ4v) is 2.29. The highest BCUT2D eigenvalue weighted by atomic mass is 32.2. The number of rotatable bonds is 6. The lowest BCUT2D eigenvalue weighted by molar-refractivity contribution is 0.477. The number of nitrogens with two attached hydrogens (primary N) is 1. The Morgan fingerprint density at radius 3 is 2.80 bits per heavy atom. The fraction of sp³-hybridized carbons (Fsp3) is 0.500. The second-order valence-electron chi connectivity index (χ2n) is 3.65. The van der Waals surface area contributed by atoms with Crippen LogP contribution in [0.2, 0.25) is 0 Å². The molecular weight excluding hydrogens is 206 g/mol. The van der Waals surface area contributed by atoms with Gasteiger partial charge in [0, 0.05) is 5.75 Å². The number of benzene rings is 1. The van der Waals surface area contributed by atoms with Crippen LogP contribution in [0.25, 0.3) is 0 Å². The van der Waals surface area contributed by atoms with Crippen LogP contribution in [-0.2, 0) is 5.75 Å². The molecule has 0 radical (unpaired) electrons. The number of hydrogen-bond donors (Lipinski definition) is 2. The molecule has 1 aromatic carbocycles. The monoisotopic (exact) mass is 225 g/mol. The molecule has 0 heterocycles. The van der Waals surface area contributed by atoms with Crippen LogP contribution in [-0.4, -0.2) is 10.9 Å². The fourth-order valence-electron chi connectivity index (χ4n) is 1.32. The van der Waals surface area contributed by atoms with Crippen LogP contribution in [0, 0.1) is 0 Å². The van der Waals surface area contributed by atoms with E-state index in [1.807, 2.05) is 17.8 Å². The van der Waals surface area contributed by atoms with Gasteiger partial charge in [-0.15, -0.1) is 0 Å². The zero-order chi connectivity index (χ0) is 11.1. The summed E-state index contributed by atoms with van der Waals surface area (Å²) in [6.45, 7) is 2.21. The second-order valence-corrected chi connectivity index (χ2v) is 4.76. The minimum absolute atomic E-state index is 0.196. The molecule has 0 atom stereocenters. The number of unbranched alkanes of at least 4 members (excludes halogenated alkanes) is 2. The van der Waals surface area contributed by atoms with E-state index in [9.17, 15) is 5.11 Å². The van der Waals surface area contributed by atoms with Crippen molar-refractivity contribution in [2.24, 2.45) is 0 Å². The van der Waals surface area contributed by atoms with E-state index in [-0.39, 0.29) is 5.75 Å². The Labute approximate surface area is 95.9 Å². The van der Waals surface area contributed by atoms with Gasteiger partial charge in [-0.2, -0.15) is 11.8 Å². The quantitative estimate of drug-likeness (QED) is 0.443. The van der Waals surface area contributed by atoms with Gasteiger partial charge in [0.1, 0.15) is 5.75 Å². The molecular formula is C12H19NOS. The molecule has 1 rings (SSSR count). The average Bonchev–Trinajstić information content (AvgIpc) is 2.23. The first kappa shape index (κ1) is 12.2. The number of nitrogen functional groups attached to an aromatic ring is 1. The van der Waals surface area contributed by atoms with E-state index in [2.05, 4.69) is 6.92 Å². The number of phenolic OH excluding ortho intramolecular Hbond substituents is 1. The van der Waals surface area contributed by atoms with Gasteiger partial charge in [-0.3, -0.25) is 0 Å². The van der Waals surface area contributed by atoms with Crippen molar-refractivity contribution in [2.75, 3.05) is 11.5 Å². The number of hydrogen-bond acceptors (Lipinski definition) is 3. The van der Waals surface area contributed by atoms with Crippen LogP contribution < -0.4 is 5.73 Å². The van der Waals surface area contributed by atoms with E-state index in [1.54, 1.807) is 12.1 Å². The minimum Gasteiger partial charge on any atom is -0.506 e. The van der Waals surface area contributed by atoms with Crippen LogP contribution in [0.1, 0.15) is 31.7 Å². The Balaban J connectivity index is 2.28. The standard InChI is InChI=1S/C12H19NOS/c1-2-3-4-7-15-9-10-5-6-11(13)12(14)8-10/h5-6,8,14H,2-4,7,9,13H2,1H3. The van der Waals surface area contributed by atoms with Crippen molar-refractivity contribution in [2.45, 2.75) is 31.9 Å². The van der Waals surface area contributed by atoms with E-state index in [1.165, 1.54) is 25.0 Å². The zero-order valence-corrected chi connectivity index (χ0v) is 10.0. The average molecular weight is 225 g/mol. The van der Waals surface area contributed by atoms with E-state index in [4.69, 9.17) is 5.73 Å². The van der Waals surface area contributed by atoms with Gasteiger partial charge >= 0.3 is 0 Å². The molecule has 3 N–H and O–H groups in total. The number of anilines is 1. The third kappa shape index (κ3) is 4.47. The van der Waals surface area contributed by atoms with Crippen molar-refractivity contribution in [1.82, 2.24) is 0 Å². The molecule has 0 fully saturated rings. The highest BCUT2D eigenvalue weighted by Crippen LogP contribution is 2.23. The molecule has 0 aliphatic rings. The molecule has 2 nitrogen and oxygen atoms in total. The molecule has 1 aromatic rings. The number of phenols is 1. The van der Waals surface area contributed by atoms with Crippen molar-refractivity contribution < 1.29 is 5.11 Å². The summed E-state index contributed by atoms with van der Waals surface area (Å²) in [5.41, 5.74) is 7.12. The predicted octanol–water partition coefficient (Wildman–Crippen LogP) is 3.40. The maximum Gasteiger partial charge on any atom is 0.138 e. The Hall–Kier alpha value is -0.830. The van der Waals surface area contributed by atoms with E-state index < -0.39 is 0 Å². The first-order chi connectivity index (χ1) is 7.24. The SMILES string of the molecule is CCCCCSCc1ccc(N)c(O)c1. The number of thioether (sulfide) groups is 1. The van der Waals surface area contributed by atoms with Gasteiger partial charge in [-0.05, 0) is 29.9 Å². The van der Waals surface area contributed by atoms with Gasteiger partial charge in [-0.1, -0.05) is 25.8 Å². The van der Waals surface area contributed by atoms with Gasteiger partial charge in [0.05, 0.1) is 5.69 Å². The van der Waals surface area contributed by atoms with Crippen molar-refractivity contribution >= 4 is 17.4 Å². The van der Waals surface area contributed by atoms with Gasteiger partial charge in [0.2, 0.25) is 0 Å². The maximum atomic E-state index is 9.41. The molecule has 0 spiro atoms. The van der Waals surface area contributed by atoms with Crippen molar-refractivity contribution in [3.8, 4) is 5.75 Å². The molecule has 0 saturated heterocycles. The Kier molecular flexibility index (Phi) is 5.40. The lowest BCUT2D eigenvalue weighted by Gasteiger charge is -2.04. The van der Waals surface area contributed by atoms with Gasteiger partial charge in [-0.25, -0.2) is 0 Å². The lowest BCUT2D eigenvalue weighted by Crippen LogP contribution is -1.88. The number of aromatic hydroxyl groups is 1. The molecule has 0 aliphatic heterocycles. The summed E-state index contributed by atoms with van der Waals surface area (Å²) in [5.74, 6) is 2.35. The molecule has 84 valence electrons. The van der Waals surface area contributed by atoms with Crippen LogP contribution in [0.4, 0.5) is 5.69 Å². The normalized spacial score (nSPS) is 10.5. The van der Waals surface area contributed by atoms with Crippen molar-refractivity contribution in [3.05, 3.63) is 23.8 Å². The van der Waals surface area contributed by atoms with Gasteiger partial charge in [0.25, 0.3) is 0 Å². The van der Waals surface area contributed by atoms with Crippen LogP contribution in [0.3, 0.4) is 0 Å². The Morgan fingerprint density at radius 1 is 1.33 bits per heavy atom. The molecule has 3 heteroatoms. The summed E-state index contributed by atoms with van der Waals surface area (Å²) in [5, 5.41) is 9.41. The van der Waals surface area contributed by atoms with E-state index in [0.29, 0.717) is 5.69 Å². The summed E-state index contributed by atoms with van der Waals surface area (Å²) in [7, 11) is 0. The maximum absolute atomic E-state index is 9.41. The first-order valence-corrected chi connectivity index (χ1v) is 6.54. The summed E-state index contributed by atoms with van der Waals surface area (Å²) in [6.07, 6.45) is 3.85. The highest BCUT2D eigenvalue weighted by molar-refractivity contribution is 7.98. The van der Waals surface area contributed by atoms with Crippen LogP contribution >= 0.6 is 11.8 Å². The largest absolute Gasteiger partial charge is 0.506 e. The third-order valence-corrected chi connectivity index (χ3v) is 3.37. The molecule has 0 aliphatic carbocycles. The lowest BCUT2D eigenvalue weighted by atomic mass is 10.2. The Bertz CT molecular complexity index is 302. The van der Waals surface area contributed by atoms with E-state index in [0.717, 1.165) is 11.3 Å². The minimum atomic E-state index is 0.196. The summed E-state index contributed by atoms with van der Waals surface area (Å²) in [6, 6.07) is 5.49. The predicted molar refractivity (Wildman–Crippen MR) is 68.2 cm³/mol. The Morgan fingerprint density at radius 2 is 2.13 bits per heavy atom. The molecule has 0 aromatic heterocycles. The molecule has 0 amide bonds. The van der Waals surface area contributed by atoms with Crippen molar-refractivity contribution in [1.29, 1.82) is 0 Å². The highest BCUT2D eigenvalue weighted by Gasteiger charge is 1.99. The first-order valence-electron chi connectivity index (χ1n) is 5.39. The molecule has 0 unspecified atom stereocenters. The van der Waals surface area contributed by atoms with Gasteiger partial charge < -0.3 is 10.8 Å². The topological polar surface area (TPSA) is 46.2 Å². The third-order valence-electron chi connectivity index (χ3n) is 2.26. The molecule has 0 bridgehead atoms.